The summed E-state index contributed by atoms with van der Waals surface area (Å²) in [6.07, 6.45) is 1.44. The van der Waals surface area contributed by atoms with Crippen LogP contribution in [0.25, 0.3) is 0 Å². The van der Waals surface area contributed by atoms with Crippen molar-refractivity contribution in [3.63, 3.8) is 0 Å². The van der Waals surface area contributed by atoms with E-state index in [-0.39, 0.29) is 22.9 Å². The number of hydrogen-bond donors (Lipinski definition) is 0. The van der Waals surface area contributed by atoms with E-state index in [1.165, 1.54) is 6.42 Å². The van der Waals surface area contributed by atoms with Gasteiger partial charge in [0.2, 0.25) is 0 Å². The van der Waals surface area contributed by atoms with Gasteiger partial charge >= 0.3 is 45.1 Å². The average Bonchev–Trinajstić information content (AvgIpc) is 1.41. The summed E-state index contributed by atoms with van der Waals surface area (Å²) in [5, 5.41) is 0. The van der Waals surface area contributed by atoms with Gasteiger partial charge in [0.15, 0.2) is 0 Å². The van der Waals surface area contributed by atoms with Gasteiger partial charge in [0.25, 0.3) is 0 Å². The molecule has 0 aromatic carbocycles. The van der Waals surface area contributed by atoms with E-state index < -0.39 is 0 Å². The molecule has 0 saturated carbocycles. The number of rotatable bonds is 2. The zero-order valence-corrected chi connectivity index (χ0v) is 8.16. The summed E-state index contributed by atoms with van der Waals surface area (Å²) in [7, 11) is 0. The Morgan fingerprint density at radius 1 is 1.60 bits per heavy atom. The van der Waals surface area contributed by atoms with Crippen LogP contribution in [0.2, 0.25) is 8.86 Å². The fourth-order valence-corrected chi connectivity index (χ4v) is 2.37. The van der Waals surface area contributed by atoms with Crippen molar-refractivity contribution in [3.8, 4) is 0 Å². The normalized spacial score (nSPS) is 7.60. The first-order valence-electron chi connectivity index (χ1n) is 2.41. The molecule has 0 aliphatic rings. The van der Waals surface area contributed by atoms with E-state index in [0.29, 0.717) is 0 Å². The summed E-state index contributed by atoms with van der Waals surface area (Å²) in [5.41, 5.74) is 0. The molecular weight excluding hydrogens is 163 g/mol. The van der Waals surface area contributed by atoms with Crippen LogP contribution in [-0.2, 0) is 0 Å². The Morgan fingerprint density at radius 2 is 2.20 bits per heavy atom. The first kappa shape index (κ1) is 5.87. The van der Waals surface area contributed by atoms with E-state index in [1.54, 1.807) is 4.18 Å². The second-order valence-electron chi connectivity index (χ2n) is 1.35. The fourth-order valence-electron chi connectivity index (χ4n) is 0.354. The van der Waals surface area contributed by atoms with Gasteiger partial charge in [0.1, 0.15) is 0 Å². The minimum atomic E-state index is -0.0621. The van der Waals surface area contributed by atoms with E-state index in [9.17, 15) is 0 Å². The van der Waals surface area contributed by atoms with Crippen molar-refractivity contribution in [2.45, 2.75) is 22.2 Å². The molecule has 0 aromatic heterocycles. The third-order valence-corrected chi connectivity index (χ3v) is 4.74. The first-order chi connectivity index (χ1) is 2.41. The maximum atomic E-state index is 2.42. The van der Waals surface area contributed by atoms with Crippen molar-refractivity contribution in [1.29, 1.82) is 0 Å². The molecule has 0 bridgehead atoms. The van der Waals surface area contributed by atoms with Crippen LogP contribution in [0, 0.1) is 0 Å². The second-order valence-corrected chi connectivity index (χ2v) is 6.23. The molecule has 1 heteroatoms. The molecule has 0 spiro atoms. The molecule has 0 amide bonds. The third kappa shape index (κ3) is 4.87. The Balaban J connectivity index is 2.19. The molecule has 0 N–H and O–H groups in total. The van der Waals surface area contributed by atoms with Gasteiger partial charge in [-0.2, -0.15) is 0 Å². The van der Waals surface area contributed by atoms with Gasteiger partial charge < -0.3 is 0 Å². The molecule has 0 aromatic rings. The second kappa shape index (κ2) is 4.87. The Kier molecular flexibility index (Phi) is 5.72. The predicted molar refractivity (Wildman–Crippen MR) is 28.1 cm³/mol. The van der Waals surface area contributed by atoms with Crippen LogP contribution < -0.4 is 0 Å². The molecule has 0 aliphatic carbocycles. The van der Waals surface area contributed by atoms with E-state index in [1.807, 2.05) is 0 Å². The summed E-state index contributed by atoms with van der Waals surface area (Å²) in [5.74, 6) is 0. The first-order valence-corrected chi connectivity index (χ1v) is 9.30. The Hall–Kier alpha value is 0.870. The van der Waals surface area contributed by atoms with Crippen LogP contribution in [0.15, 0.2) is 0 Å². The van der Waals surface area contributed by atoms with Gasteiger partial charge in [-0.25, -0.2) is 0 Å². The molecule has 0 unspecified atom stereocenters. The van der Waals surface area contributed by atoms with E-state index in [2.05, 4.69) is 11.6 Å². The summed E-state index contributed by atoms with van der Waals surface area (Å²) < 4.78 is 4.02. The zero-order chi connectivity index (χ0) is 4.12. The molecule has 0 saturated heterocycles. The maximum absolute atomic E-state index is 2.42. The van der Waals surface area contributed by atoms with Gasteiger partial charge in [0.05, 0.1) is 0 Å². The van der Waals surface area contributed by atoms with Gasteiger partial charge in [-0.15, -0.1) is 0 Å². The fraction of sp³-hybridized carbons (Fsp3) is 1.00. The molecule has 0 nitrogen and oxygen atoms in total. The third-order valence-electron chi connectivity index (χ3n) is 0.707. The molecule has 0 atom stereocenters. The van der Waals surface area contributed by atoms with Gasteiger partial charge in [-0.1, -0.05) is 0 Å². The van der Waals surface area contributed by atoms with Gasteiger partial charge in [-0.3, -0.25) is 0 Å². The van der Waals surface area contributed by atoms with Crippen LogP contribution in [0.1, 0.15) is 13.3 Å². The molecule has 0 fully saturated rings. The van der Waals surface area contributed by atoms with Crippen LogP contribution in [-0.4, -0.2) is 22.9 Å². The summed E-state index contributed by atoms with van der Waals surface area (Å²) in [4.78, 5) is 0. The van der Waals surface area contributed by atoms with Crippen LogP contribution in [0.4, 0.5) is 0 Å². The zero-order valence-electron chi connectivity index (χ0n) is 4.12. The van der Waals surface area contributed by atoms with Crippen LogP contribution >= 0.6 is 0 Å². The van der Waals surface area contributed by atoms with E-state index >= 15 is 0 Å². The number of hydrogen-bond acceptors (Lipinski definition) is 0. The molecule has 0 radical (unpaired) electrons. The van der Waals surface area contributed by atoms with Crippen molar-refractivity contribution < 1.29 is 0 Å². The van der Waals surface area contributed by atoms with E-state index in [4.69, 9.17) is 0 Å². The summed E-state index contributed by atoms with van der Waals surface area (Å²) in [6.45, 7) is 2.26. The van der Waals surface area contributed by atoms with Crippen molar-refractivity contribution in [2.24, 2.45) is 0 Å². The molecule has 30 valence electrons. The quantitative estimate of drug-likeness (QED) is 0.591. The van der Waals surface area contributed by atoms with Gasteiger partial charge in [-0.05, 0) is 0 Å². The molecule has 0 heterocycles. The average molecular weight is 174 g/mol. The summed E-state index contributed by atoms with van der Waals surface area (Å²) >= 11 is -0.0621. The molecule has 0 aliphatic heterocycles. The molecule has 5 heavy (non-hydrogen) atoms. The standard InChI is InChI=1S/C3H7.CH3.In.H/c1-3-2;;;/h1,3H2,2H3;1H3;;. The van der Waals surface area contributed by atoms with E-state index in [0.717, 1.165) is 0 Å². The SMILES string of the molecule is CC[CH2][InH][CH3]. The van der Waals surface area contributed by atoms with Crippen LogP contribution in [0.5, 0.6) is 0 Å². The van der Waals surface area contributed by atoms with Crippen molar-refractivity contribution >= 4 is 22.9 Å². The van der Waals surface area contributed by atoms with Crippen molar-refractivity contribution in [3.05, 3.63) is 0 Å². The van der Waals surface area contributed by atoms with Crippen molar-refractivity contribution in [2.75, 3.05) is 0 Å². The van der Waals surface area contributed by atoms with Crippen molar-refractivity contribution in [1.82, 2.24) is 0 Å². The van der Waals surface area contributed by atoms with Crippen LogP contribution in [0.3, 0.4) is 0 Å². The monoisotopic (exact) mass is 174 g/mol. The molecule has 0 rings (SSSR count). The Morgan fingerprint density at radius 3 is 2.20 bits per heavy atom. The van der Waals surface area contributed by atoms with Gasteiger partial charge in [0, 0.05) is 0 Å². The predicted octanol–water partition coefficient (Wildman–Crippen LogP) is 1.30. The summed E-state index contributed by atoms with van der Waals surface area (Å²) in [6, 6.07) is 0. The Bertz CT molecular complexity index is 11.1. The Labute approximate surface area is 45.3 Å². The molecular formula is C4H11In. The topological polar surface area (TPSA) is 0 Å². The minimum absolute atomic E-state index is 0.0621.